The van der Waals surface area contributed by atoms with Crippen molar-refractivity contribution in [2.24, 2.45) is 0 Å². The molecule has 0 aliphatic heterocycles. The first-order valence-corrected chi connectivity index (χ1v) is 16.5. The zero-order valence-corrected chi connectivity index (χ0v) is 29.8. The molecule has 0 heterocycles. The molecular formula is C42H46N2O8. The summed E-state index contributed by atoms with van der Waals surface area (Å²) in [6, 6.07) is 35.9. The van der Waals surface area contributed by atoms with E-state index in [1.54, 1.807) is 14.2 Å². The van der Waals surface area contributed by atoms with Crippen LogP contribution < -0.4 is 20.1 Å². The molecule has 0 saturated carbocycles. The number of benzene rings is 6. The lowest BCUT2D eigenvalue weighted by molar-refractivity contribution is -0.119. The van der Waals surface area contributed by atoms with Gasteiger partial charge in [-0.1, -0.05) is 48.5 Å². The van der Waals surface area contributed by atoms with E-state index in [4.69, 9.17) is 29.9 Å². The van der Waals surface area contributed by atoms with Crippen molar-refractivity contribution in [2.45, 2.75) is 26.7 Å². The van der Waals surface area contributed by atoms with E-state index in [1.165, 1.54) is 95.1 Å². The molecule has 0 aromatic heterocycles. The van der Waals surface area contributed by atoms with E-state index >= 15 is 0 Å². The molecule has 0 atom stereocenters. The summed E-state index contributed by atoms with van der Waals surface area (Å²) in [5, 5.41) is 45.0. The van der Waals surface area contributed by atoms with Crippen molar-refractivity contribution in [3.8, 4) is 34.5 Å². The first-order valence-electron chi connectivity index (χ1n) is 16.5. The number of nitrogens with one attached hydrogen (secondary N) is 2. The van der Waals surface area contributed by atoms with E-state index in [0.717, 1.165) is 24.3 Å². The highest BCUT2D eigenvalue weighted by Gasteiger charge is 2.04. The van der Waals surface area contributed by atoms with Gasteiger partial charge in [0.1, 0.15) is 34.5 Å². The van der Waals surface area contributed by atoms with Gasteiger partial charge in [-0.25, -0.2) is 0 Å². The second-order valence-corrected chi connectivity index (χ2v) is 11.5. The third-order valence-corrected chi connectivity index (χ3v) is 7.60. The van der Waals surface area contributed by atoms with Crippen molar-refractivity contribution < 1.29 is 39.5 Å². The number of hydrogen-bond donors (Lipinski definition) is 6. The molecule has 0 fully saturated rings. The van der Waals surface area contributed by atoms with Crippen molar-refractivity contribution in [1.82, 2.24) is 10.6 Å². The molecule has 10 heteroatoms. The maximum absolute atomic E-state index is 10.9. The summed E-state index contributed by atoms with van der Waals surface area (Å²) < 4.78 is 10.5. The van der Waals surface area contributed by atoms with Crippen LogP contribution in [-0.2, 0) is 22.4 Å². The number of carbonyl (C=O) groups excluding carboxylic acids is 2. The highest BCUT2D eigenvalue weighted by molar-refractivity contribution is 5.88. The molecule has 6 aromatic carbocycles. The molecule has 52 heavy (non-hydrogen) atoms. The van der Waals surface area contributed by atoms with E-state index in [2.05, 4.69) is 47.0 Å². The van der Waals surface area contributed by atoms with Gasteiger partial charge < -0.3 is 40.5 Å². The Balaban J connectivity index is 0.000000200. The summed E-state index contributed by atoms with van der Waals surface area (Å²) in [5.41, 5.74) is 2.44. The quantitative estimate of drug-likeness (QED) is 0.0904. The van der Waals surface area contributed by atoms with Crippen molar-refractivity contribution in [3.05, 3.63) is 132 Å². The molecule has 6 aromatic rings. The Hall–Kier alpha value is -6.42. The van der Waals surface area contributed by atoms with Crippen LogP contribution in [0, 0.1) is 0 Å². The average molecular weight is 707 g/mol. The van der Waals surface area contributed by atoms with Crippen molar-refractivity contribution in [3.63, 3.8) is 0 Å². The van der Waals surface area contributed by atoms with Gasteiger partial charge in [0.25, 0.3) is 0 Å². The van der Waals surface area contributed by atoms with E-state index in [0.29, 0.717) is 13.1 Å². The second kappa shape index (κ2) is 20.9. The van der Waals surface area contributed by atoms with Crippen LogP contribution in [0.4, 0.5) is 0 Å². The van der Waals surface area contributed by atoms with Crippen LogP contribution in [-0.4, -0.2) is 59.5 Å². The molecule has 0 unspecified atom stereocenters. The number of methoxy groups -OCH3 is 2. The highest BCUT2D eigenvalue weighted by atomic mass is 16.5. The third kappa shape index (κ3) is 13.8. The lowest BCUT2D eigenvalue weighted by Gasteiger charge is -2.08. The maximum atomic E-state index is 10.9. The Morgan fingerprint density at radius 1 is 0.500 bits per heavy atom. The van der Waals surface area contributed by atoms with Crippen molar-refractivity contribution in [1.29, 1.82) is 0 Å². The lowest BCUT2D eigenvalue weighted by Crippen LogP contribution is -2.22. The van der Waals surface area contributed by atoms with Crippen LogP contribution in [0.2, 0.25) is 0 Å². The van der Waals surface area contributed by atoms with Crippen LogP contribution >= 0.6 is 0 Å². The van der Waals surface area contributed by atoms with Gasteiger partial charge in [0.05, 0.1) is 14.2 Å². The summed E-state index contributed by atoms with van der Waals surface area (Å²) in [6.45, 7) is 4.38. The van der Waals surface area contributed by atoms with Gasteiger partial charge in [-0.3, -0.25) is 9.59 Å². The summed E-state index contributed by atoms with van der Waals surface area (Å²) in [4.78, 5) is 21.7. The smallest absolute Gasteiger partial charge is 0.216 e. The van der Waals surface area contributed by atoms with Gasteiger partial charge in [-0.15, -0.1) is 0 Å². The minimum atomic E-state index is 0.00724. The molecular weight excluding hydrogens is 660 g/mol. The van der Waals surface area contributed by atoms with Crippen LogP contribution in [0.25, 0.3) is 21.5 Å². The maximum Gasteiger partial charge on any atom is 0.216 e. The fraction of sp³-hybridized carbons (Fsp3) is 0.190. The molecule has 0 saturated heterocycles. The number of fused-ring (bicyclic) bond motifs is 2. The monoisotopic (exact) mass is 706 g/mol. The molecule has 0 radical (unpaired) electrons. The number of rotatable bonds is 8. The number of phenolic OH excluding ortho intramolecular Hbond substituents is 4. The van der Waals surface area contributed by atoms with Crippen molar-refractivity contribution in [2.75, 3.05) is 27.3 Å². The van der Waals surface area contributed by atoms with Crippen LogP contribution in [0.1, 0.15) is 25.0 Å². The van der Waals surface area contributed by atoms with Gasteiger partial charge in [0.15, 0.2) is 0 Å². The molecule has 0 aliphatic carbocycles. The molecule has 0 bridgehead atoms. The SMILES string of the molecule is COc1ccc2cccc(CCNC(C)=O)c2c1.COc1ccc2cccc(CCNC(C)=O)c2c1.Oc1ccc(O)cc1.Oc1ccc(O)cc1. The molecule has 0 aliphatic rings. The standard InChI is InChI=1S/2C15H17NO2.2C6H6O2/c2*1-11(17)16-9-8-13-5-3-4-12-6-7-14(18-2)10-15(12)13;2*7-5-1-2-6(8)4-3-5/h2*3-7,10H,8-9H2,1-2H3,(H,16,17);2*1-4,7-8H. The number of hydrogen-bond acceptors (Lipinski definition) is 8. The molecule has 2 amide bonds. The fourth-order valence-corrected chi connectivity index (χ4v) is 4.97. The second-order valence-electron chi connectivity index (χ2n) is 11.5. The summed E-state index contributed by atoms with van der Waals surface area (Å²) in [6.07, 6.45) is 1.65. The number of carbonyl (C=O) groups is 2. The van der Waals surface area contributed by atoms with Gasteiger partial charge in [-0.2, -0.15) is 0 Å². The predicted molar refractivity (Wildman–Crippen MR) is 205 cm³/mol. The Morgan fingerprint density at radius 2 is 0.827 bits per heavy atom. The minimum Gasteiger partial charge on any atom is -0.508 e. The Morgan fingerprint density at radius 3 is 1.12 bits per heavy atom. The van der Waals surface area contributed by atoms with Gasteiger partial charge >= 0.3 is 0 Å². The van der Waals surface area contributed by atoms with Gasteiger partial charge in [0, 0.05) is 26.9 Å². The summed E-state index contributed by atoms with van der Waals surface area (Å²) >= 11 is 0. The predicted octanol–water partition coefficient (Wildman–Crippen LogP) is 7.25. The highest BCUT2D eigenvalue weighted by Crippen LogP contribution is 2.25. The largest absolute Gasteiger partial charge is 0.508 e. The number of aromatic hydroxyl groups is 4. The molecule has 10 nitrogen and oxygen atoms in total. The molecule has 6 N–H and O–H groups in total. The topological polar surface area (TPSA) is 158 Å². The number of amides is 2. The Labute approximate surface area is 303 Å². The Bertz CT molecular complexity index is 1820. The van der Waals surface area contributed by atoms with Gasteiger partial charge in [0.2, 0.25) is 11.8 Å². The van der Waals surface area contributed by atoms with E-state index < -0.39 is 0 Å². The first-order chi connectivity index (χ1) is 25.0. The molecule has 0 spiro atoms. The average Bonchev–Trinajstić information content (AvgIpc) is 3.14. The Kier molecular flexibility index (Phi) is 16.1. The normalized spacial score (nSPS) is 9.92. The van der Waals surface area contributed by atoms with Gasteiger partial charge in [-0.05, 0) is 118 Å². The first kappa shape index (κ1) is 40.0. The van der Waals surface area contributed by atoms with E-state index in [1.807, 2.05) is 36.4 Å². The molecule has 272 valence electrons. The van der Waals surface area contributed by atoms with E-state index in [9.17, 15) is 9.59 Å². The molecule has 6 rings (SSSR count). The third-order valence-electron chi connectivity index (χ3n) is 7.60. The zero-order valence-electron chi connectivity index (χ0n) is 29.8. The van der Waals surface area contributed by atoms with Crippen LogP contribution in [0.3, 0.4) is 0 Å². The summed E-state index contributed by atoms with van der Waals surface area (Å²) in [7, 11) is 3.34. The number of ether oxygens (including phenoxy) is 2. The van der Waals surface area contributed by atoms with Crippen LogP contribution in [0.5, 0.6) is 34.5 Å². The van der Waals surface area contributed by atoms with E-state index in [-0.39, 0.29) is 34.8 Å². The number of phenols is 4. The fourth-order valence-electron chi connectivity index (χ4n) is 4.97. The minimum absolute atomic E-state index is 0.00724. The lowest BCUT2D eigenvalue weighted by atomic mass is 10.0. The van der Waals surface area contributed by atoms with Crippen LogP contribution in [0.15, 0.2) is 121 Å². The summed E-state index contributed by atoms with van der Waals surface area (Å²) in [5.74, 6) is 2.40. The zero-order chi connectivity index (χ0) is 37.9. The van der Waals surface area contributed by atoms with Crippen molar-refractivity contribution >= 4 is 33.4 Å².